The number of ether oxygens (including phenoxy) is 2. The van der Waals surface area contributed by atoms with Crippen LogP contribution in [-0.4, -0.2) is 11.8 Å². The SMILES string of the molecule is Cc1cc(OC(=O)c2cc3cc(Br)ccc3o2)cc2c1C(=O)/C(=C/c1ccccc1Cl)O2. The number of aryl methyl sites for hydroxylation is 1. The lowest BCUT2D eigenvalue weighted by molar-refractivity contribution is 0.0703. The van der Waals surface area contributed by atoms with E-state index in [2.05, 4.69) is 15.9 Å². The number of furan rings is 1. The van der Waals surface area contributed by atoms with Gasteiger partial charge in [0.05, 0.1) is 5.56 Å². The van der Waals surface area contributed by atoms with E-state index in [-0.39, 0.29) is 23.1 Å². The van der Waals surface area contributed by atoms with Gasteiger partial charge in [-0.1, -0.05) is 45.7 Å². The number of fused-ring (bicyclic) bond motifs is 2. The van der Waals surface area contributed by atoms with Gasteiger partial charge in [0, 0.05) is 20.9 Å². The van der Waals surface area contributed by atoms with Crippen molar-refractivity contribution >= 4 is 56.3 Å². The quantitative estimate of drug-likeness (QED) is 0.169. The summed E-state index contributed by atoms with van der Waals surface area (Å²) in [7, 11) is 0. The average Bonchev–Trinajstić information content (AvgIpc) is 3.30. The van der Waals surface area contributed by atoms with E-state index in [0.717, 1.165) is 9.86 Å². The molecular weight excluding hydrogens is 496 g/mol. The summed E-state index contributed by atoms with van der Waals surface area (Å²) in [6.45, 7) is 1.76. The van der Waals surface area contributed by atoms with Gasteiger partial charge in [-0.25, -0.2) is 4.79 Å². The minimum atomic E-state index is -0.646. The number of rotatable bonds is 3. The molecule has 0 unspecified atom stereocenters. The molecule has 1 aliphatic heterocycles. The van der Waals surface area contributed by atoms with Crippen molar-refractivity contribution in [2.75, 3.05) is 0 Å². The minimum Gasteiger partial charge on any atom is -0.452 e. The molecule has 0 fully saturated rings. The van der Waals surface area contributed by atoms with Gasteiger partial charge >= 0.3 is 5.97 Å². The van der Waals surface area contributed by atoms with Gasteiger partial charge in [0.1, 0.15) is 17.1 Å². The van der Waals surface area contributed by atoms with Gasteiger partial charge in [-0.2, -0.15) is 0 Å². The van der Waals surface area contributed by atoms with E-state index >= 15 is 0 Å². The maximum absolute atomic E-state index is 12.9. The van der Waals surface area contributed by atoms with Crippen LogP contribution >= 0.6 is 27.5 Å². The molecule has 0 saturated carbocycles. The maximum atomic E-state index is 12.9. The van der Waals surface area contributed by atoms with Gasteiger partial charge in [-0.05, 0) is 60.5 Å². The number of hydrogen-bond acceptors (Lipinski definition) is 5. The highest BCUT2D eigenvalue weighted by atomic mass is 79.9. The van der Waals surface area contributed by atoms with Crippen molar-refractivity contribution in [1.82, 2.24) is 0 Å². The molecule has 0 saturated heterocycles. The third-order valence-electron chi connectivity index (χ3n) is 5.03. The van der Waals surface area contributed by atoms with Gasteiger partial charge in [-0.15, -0.1) is 0 Å². The second-order valence-electron chi connectivity index (χ2n) is 7.26. The predicted octanol–water partition coefficient (Wildman–Crippen LogP) is 6.99. The fraction of sp³-hybridized carbons (Fsp3) is 0.0400. The summed E-state index contributed by atoms with van der Waals surface area (Å²) < 4.78 is 17.7. The molecule has 1 aromatic heterocycles. The van der Waals surface area contributed by atoms with Gasteiger partial charge in [0.2, 0.25) is 11.5 Å². The Bertz CT molecular complexity index is 1450. The van der Waals surface area contributed by atoms with Crippen LogP contribution < -0.4 is 9.47 Å². The number of halogens is 2. The molecule has 0 bridgehead atoms. The minimum absolute atomic E-state index is 0.0764. The summed E-state index contributed by atoms with van der Waals surface area (Å²) in [5.74, 6) is -0.0922. The molecule has 0 radical (unpaired) electrons. The molecule has 158 valence electrons. The summed E-state index contributed by atoms with van der Waals surface area (Å²) in [6, 6.07) is 17.4. The number of carbonyl (C=O) groups is 2. The van der Waals surface area contributed by atoms with E-state index in [1.54, 1.807) is 43.3 Å². The first-order valence-corrected chi connectivity index (χ1v) is 10.8. The standard InChI is InChI=1S/C25H14BrClO5/c1-13-8-17(30-25(29)22-11-15-9-16(26)6-7-19(15)31-22)12-20-23(13)24(28)21(32-20)10-14-4-2-3-5-18(14)27/h2-12H,1H3/b21-10-. The molecule has 0 spiro atoms. The number of allylic oxidation sites excluding steroid dienone is 1. The van der Waals surface area contributed by atoms with E-state index < -0.39 is 5.97 Å². The number of esters is 1. The highest BCUT2D eigenvalue weighted by Gasteiger charge is 2.30. The maximum Gasteiger partial charge on any atom is 0.379 e. The van der Waals surface area contributed by atoms with Crippen molar-refractivity contribution in [3.63, 3.8) is 0 Å². The summed E-state index contributed by atoms with van der Waals surface area (Å²) in [5.41, 5.74) is 2.31. The van der Waals surface area contributed by atoms with Crippen LogP contribution in [0.3, 0.4) is 0 Å². The molecule has 5 rings (SSSR count). The first-order chi connectivity index (χ1) is 15.4. The van der Waals surface area contributed by atoms with Crippen LogP contribution in [0.5, 0.6) is 11.5 Å². The van der Waals surface area contributed by atoms with Crippen LogP contribution in [0.4, 0.5) is 0 Å². The van der Waals surface area contributed by atoms with Crippen LogP contribution in [0.25, 0.3) is 17.0 Å². The molecular formula is C25H14BrClO5. The average molecular weight is 510 g/mol. The van der Waals surface area contributed by atoms with E-state index in [0.29, 0.717) is 33.0 Å². The number of Topliss-reactive ketones (excluding diaryl/α,β-unsaturated/α-hetero) is 1. The summed E-state index contributed by atoms with van der Waals surface area (Å²) in [4.78, 5) is 25.5. The van der Waals surface area contributed by atoms with Crippen molar-refractivity contribution in [1.29, 1.82) is 0 Å². The Kier molecular flexibility index (Phi) is 5.12. The molecule has 0 aliphatic carbocycles. The Morgan fingerprint density at radius 1 is 1.09 bits per heavy atom. The zero-order valence-electron chi connectivity index (χ0n) is 16.6. The molecule has 7 heteroatoms. The largest absolute Gasteiger partial charge is 0.452 e. The zero-order chi connectivity index (χ0) is 22.4. The Morgan fingerprint density at radius 3 is 2.72 bits per heavy atom. The van der Waals surface area contributed by atoms with Crippen molar-refractivity contribution in [3.05, 3.63) is 98.4 Å². The fourth-order valence-corrected chi connectivity index (χ4v) is 4.11. The third-order valence-corrected chi connectivity index (χ3v) is 5.86. The number of carbonyl (C=O) groups excluding carboxylic acids is 2. The Morgan fingerprint density at radius 2 is 1.91 bits per heavy atom. The fourth-order valence-electron chi connectivity index (χ4n) is 3.54. The predicted molar refractivity (Wildman–Crippen MR) is 124 cm³/mol. The summed E-state index contributed by atoms with van der Waals surface area (Å²) >= 11 is 9.58. The first-order valence-electron chi connectivity index (χ1n) is 9.64. The monoisotopic (exact) mass is 508 g/mol. The molecule has 4 aromatic rings. The number of hydrogen-bond donors (Lipinski definition) is 0. The van der Waals surface area contributed by atoms with Crippen molar-refractivity contribution in [3.8, 4) is 11.5 Å². The van der Waals surface area contributed by atoms with Crippen LogP contribution in [0.2, 0.25) is 5.02 Å². The lowest BCUT2D eigenvalue weighted by Gasteiger charge is -2.06. The Hall–Kier alpha value is -3.35. The molecule has 32 heavy (non-hydrogen) atoms. The normalized spacial score (nSPS) is 14.0. The van der Waals surface area contributed by atoms with Gasteiger partial charge in [0.25, 0.3) is 0 Å². The van der Waals surface area contributed by atoms with E-state index in [4.69, 9.17) is 25.5 Å². The van der Waals surface area contributed by atoms with Gasteiger partial charge in [-0.3, -0.25) is 4.79 Å². The van der Waals surface area contributed by atoms with Crippen LogP contribution in [0.1, 0.15) is 32.0 Å². The molecule has 2 heterocycles. The lowest BCUT2D eigenvalue weighted by Crippen LogP contribution is -2.07. The topological polar surface area (TPSA) is 65.7 Å². The summed E-state index contributed by atoms with van der Waals surface area (Å²) in [5, 5.41) is 1.29. The van der Waals surface area contributed by atoms with E-state index in [9.17, 15) is 9.59 Å². The van der Waals surface area contributed by atoms with E-state index in [1.165, 1.54) is 6.07 Å². The van der Waals surface area contributed by atoms with Gasteiger partial charge < -0.3 is 13.9 Å². The van der Waals surface area contributed by atoms with Crippen molar-refractivity contribution in [2.45, 2.75) is 6.92 Å². The highest BCUT2D eigenvalue weighted by Crippen LogP contribution is 2.38. The van der Waals surface area contributed by atoms with Crippen LogP contribution in [-0.2, 0) is 0 Å². The second-order valence-corrected chi connectivity index (χ2v) is 8.58. The second kappa shape index (κ2) is 7.97. The van der Waals surface area contributed by atoms with E-state index in [1.807, 2.05) is 24.3 Å². The zero-order valence-corrected chi connectivity index (χ0v) is 19.0. The van der Waals surface area contributed by atoms with Crippen molar-refractivity contribution < 1.29 is 23.5 Å². The lowest BCUT2D eigenvalue weighted by atomic mass is 10.0. The first kappa shape index (κ1) is 20.5. The highest BCUT2D eigenvalue weighted by molar-refractivity contribution is 9.10. The van der Waals surface area contributed by atoms with Gasteiger partial charge in [0.15, 0.2) is 5.76 Å². The van der Waals surface area contributed by atoms with Crippen molar-refractivity contribution in [2.24, 2.45) is 0 Å². The number of benzene rings is 3. The third kappa shape index (κ3) is 3.72. The molecule has 0 N–H and O–H groups in total. The number of ketones is 1. The summed E-state index contributed by atoms with van der Waals surface area (Å²) in [6.07, 6.45) is 1.60. The van der Waals surface area contributed by atoms with Crippen LogP contribution in [0, 0.1) is 6.92 Å². The smallest absolute Gasteiger partial charge is 0.379 e. The molecule has 3 aromatic carbocycles. The molecule has 0 atom stereocenters. The Labute approximate surface area is 196 Å². The molecule has 5 nitrogen and oxygen atoms in total. The molecule has 0 amide bonds. The van der Waals surface area contributed by atoms with Crippen LogP contribution in [0.15, 0.2) is 75.3 Å². The Balaban J connectivity index is 1.42. The molecule has 1 aliphatic rings.